The summed E-state index contributed by atoms with van der Waals surface area (Å²) in [6.45, 7) is -0.00560. The third kappa shape index (κ3) is 1.24. The lowest BCUT2D eigenvalue weighted by Crippen LogP contribution is -1.81. The van der Waals surface area contributed by atoms with Crippen LogP contribution in [0.15, 0.2) is 17.8 Å². The van der Waals surface area contributed by atoms with Gasteiger partial charge in [-0.05, 0) is 0 Å². The van der Waals surface area contributed by atoms with Gasteiger partial charge in [-0.15, -0.1) is 11.3 Å². The SMILES string of the molecule is OCc1csc(-c2cn[nH]c2)n1. The molecule has 0 spiro atoms. The summed E-state index contributed by atoms with van der Waals surface area (Å²) in [7, 11) is 0. The van der Waals surface area contributed by atoms with Crippen LogP contribution in [0.3, 0.4) is 0 Å². The number of aromatic amines is 1. The van der Waals surface area contributed by atoms with Crippen LogP contribution in [0.1, 0.15) is 5.69 Å². The van der Waals surface area contributed by atoms with Crippen LogP contribution < -0.4 is 0 Å². The van der Waals surface area contributed by atoms with Crippen LogP contribution in [0.4, 0.5) is 0 Å². The molecular formula is C7H7N3OS. The Morgan fingerprint density at radius 1 is 1.58 bits per heavy atom. The molecule has 0 aromatic carbocycles. The molecule has 0 saturated carbocycles. The number of thiazole rings is 1. The third-order valence-electron chi connectivity index (χ3n) is 1.46. The van der Waals surface area contributed by atoms with Gasteiger partial charge in [0.15, 0.2) is 0 Å². The van der Waals surface area contributed by atoms with Crippen molar-refractivity contribution >= 4 is 11.3 Å². The van der Waals surface area contributed by atoms with Crippen molar-refractivity contribution in [2.75, 3.05) is 0 Å². The summed E-state index contributed by atoms with van der Waals surface area (Å²) in [5.41, 5.74) is 1.66. The summed E-state index contributed by atoms with van der Waals surface area (Å²) < 4.78 is 0. The molecule has 0 aliphatic heterocycles. The van der Waals surface area contributed by atoms with Gasteiger partial charge in [-0.2, -0.15) is 5.10 Å². The highest BCUT2D eigenvalue weighted by molar-refractivity contribution is 7.13. The van der Waals surface area contributed by atoms with Gasteiger partial charge in [0.2, 0.25) is 0 Å². The maximum absolute atomic E-state index is 8.77. The van der Waals surface area contributed by atoms with Crippen molar-refractivity contribution in [3.05, 3.63) is 23.5 Å². The number of rotatable bonds is 2. The van der Waals surface area contributed by atoms with Crippen LogP contribution in [-0.2, 0) is 6.61 Å². The van der Waals surface area contributed by atoms with Crippen molar-refractivity contribution in [2.24, 2.45) is 0 Å². The molecule has 2 heterocycles. The molecule has 2 aromatic rings. The first-order valence-corrected chi connectivity index (χ1v) is 4.32. The van der Waals surface area contributed by atoms with E-state index < -0.39 is 0 Å². The molecule has 0 amide bonds. The van der Waals surface area contributed by atoms with Gasteiger partial charge in [0, 0.05) is 17.1 Å². The standard InChI is InChI=1S/C7H7N3OS/c11-3-6-4-12-7(10-6)5-1-8-9-2-5/h1-2,4,11H,3H2,(H,8,9). The lowest BCUT2D eigenvalue weighted by atomic mass is 10.4. The molecule has 0 saturated heterocycles. The number of hydrogen-bond donors (Lipinski definition) is 2. The average molecular weight is 181 g/mol. The summed E-state index contributed by atoms with van der Waals surface area (Å²) >= 11 is 1.50. The minimum absolute atomic E-state index is 0.00560. The van der Waals surface area contributed by atoms with E-state index in [1.807, 2.05) is 5.38 Å². The largest absolute Gasteiger partial charge is 0.390 e. The monoisotopic (exact) mass is 181 g/mol. The summed E-state index contributed by atoms with van der Waals surface area (Å²) in [6.07, 6.45) is 3.49. The molecule has 0 atom stereocenters. The first-order valence-electron chi connectivity index (χ1n) is 3.44. The van der Waals surface area contributed by atoms with Gasteiger partial charge in [-0.3, -0.25) is 5.10 Å². The number of nitrogens with one attached hydrogen (secondary N) is 1. The van der Waals surface area contributed by atoms with Gasteiger partial charge < -0.3 is 5.11 Å². The van der Waals surface area contributed by atoms with Gasteiger partial charge in [0.05, 0.1) is 18.5 Å². The van der Waals surface area contributed by atoms with E-state index in [9.17, 15) is 0 Å². The van der Waals surface area contributed by atoms with E-state index in [0.717, 1.165) is 10.6 Å². The maximum atomic E-state index is 8.77. The van der Waals surface area contributed by atoms with Crippen LogP contribution in [0.25, 0.3) is 10.6 Å². The second kappa shape index (κ2) is 3.04. The lowest BCUT2D eigenvalue weighted by molar-refractivity contribution is 0.278. The molecule has 0 radical (unpaired) electrons. The van der Waals surface area contributed by atoms with Crippen molar-refractivity contribution in [1.82, 2.24) is 15.2 Å². The molecule has 0 aliphatic rings. The Labute approximate surface area is 72.9 Å². The van der Waals surface area contributed by atoms with Crippen LogP contribution in [0, 0.1) is 0 Å². The summed E-state index contributed by atoms with van der Waals surface area (Å²) in [5, 5.41) is 18.0. The molecular weight excluding hydrogens is 174 g/mol. The highest BCUT2D eigenvalue weighted by Gasteiger charge is 2.03. The lowest BCUT2D eigenvalue weighted by Gasteiger charge is -1.85. The van der Waals surface area contributed by atoms with E-state index in [-0.39, 0.29) is 6.61 Å². The number of aromatic nitrogens is 3. The molecule has 62 valence electrons. The van der Waals surface area contributed by atoms with Crippen molar-refractivity contribution in [2.45, 2.75) is 6.61 Å². The Morgan fingerprint density at radius 3 is 3.08 bits per heavy atom. The van der Waals surface area contributed by atoms with Crippen molar-refractivity contribution in [3.63, 3.8) is 0 Å². The molecule has 12 heavy (non-hydrogen) atoms. The van der Waals surface area contributed by atoms with E-state index in [4.69, 9.17) is 5.11 Å². The molecule has 0 unspecified atom stereocenters. The molecule has 4 nitrogen and oxygen atoms in total. The second-order valence-electron chi connectivity index (χ2n) is 2.29. The molecule has 0 bridgehead atoms. The molecule has 0 fully saturated rings. The average Bonchev–Trinajstić information content (AvgIpc) is 2.75. The number of hydrogen-bond acceptors (Lipinski definition) is 4. The predicted octanol–water partition coefficient (Wildman–Crippen LogP) is 1.03. The van der Waals surface area contributed by atoms with Gasteiger partial charge in [0.1, 0.15) is 5.01 Å². The van der Waals surface area contributed by atoms with Crippen molar-refractivity contribution < 1.29 is 5.11 Å². The van der Waals surface area contributed by atoms with E-state index in [1.165, 1.54) is 11.3 Å². The Kier molecular flexibility index (Phi) is 1.89. The Bertz CT molecular complexity index is 354. The number of aliphatic hydroxyl groups excluding tert-OH is 1. The number of nitrogens with zero attached hydrogens (tertiary/aromatic N) is 2. The zero-order valence-electron chi connectivity index (χ0n) is 6.19. The highest BCUT2D eigenvalue weighted by atomic mass is 32.1. The molecule has 2 aromatic heterocycles. The number of H-pyrrole nitrogens is 1. The van der Waals surface area contributed by atoms with Crippen LogP contribution in [-0.4, -0.2) is 20.3 Å². The molecule has 0 aliphatic carbocycles. The smallest absolute Gasteiger partial charge is 0.126 e. The quantitative estimate of drug-likeness (QED) is 0.727. The normalized spacial score (nSPS) is 10.4. The molecule has 2 rings (SSSR count). The van der Waals surface area contributed by atoms with E-state index in [1.54, 1.807) is 12.4 Å². The molecule has 2 N–H and O–H groups in total. The fraction of sp³-hybridized carbons (Fsp3) is 0.143. The van der Waals surface area contributed by atoms with Gasteiger partial charge >= 0.3 is 0 Å². The first kappa shape index (κ1) is 7.45. The first-order chi connectivity index (χ1) is 5.90. The van der Waals surface area contributed by atoms with Gasteiger partial charge in [0.25, 0.3) is 0 Å². The summed E-state index contributed by atoms with van der Waals surface area (Å²) in [5.74, 6) is 0. The Hall–Kier alpha value is -1.20. The zero-order chi connectivity index (χ0) is 8.39. The molecule has 5 heteroatoms. The van der Waals surface area contributed by atoms with E-state index in [0.29, 0.717) is 5.69 Å². The van der Waals surface area contributed by atoms with Gasteiger partial charge in [-0.25, -0.2) is 4.98 Å². The van der Waals surface area contributed by atoms with Crippen LogP contribution in [0.2, 0.25) is 0 Å². The van der Waals surface area contributed by atoms with Crippen molar-refractivity contribution in [3.8, 4) is 10.6 Å². The minimum Gasteiger partial charge on any atom is -0.390 e. The maximum Gasteiger partial charge on any atom is 0.126 e. The summed E-state index contributed by atoms with van der Waals surface area (Å²) in [4.78, 5) is 4.18. The van der Waals surface area contributed by atoms with Crippen LogP contribution in [0.5, 0.6) is 0 Å². The second-order valence-corrected chi connectivity index (χ2v) is 3.15. The number of aliphatic hydroxyl groups is 1. The fourth-order valence-electron chi connectivity index (χ4n) is 0.880. The van der Waals surface area contributed by atoms with Crippen molar-refractivity contribution in [1.29, 1.82) is 0 Å². The zero-order valence-corrected chi connectivity index (χ0v) is 7.01. The van der Waals surface area contributed by atoms with Gasteiger partial charge in [-0.1, -0.05) is 0 Å². The predicted molar refractivity (Wildman–Crippen MR) is 45.6 cm³/mol. The van der Waals surface area contributed by atoms with Crippen LogP contribution >= 0.6 is 11.3 Å². The van der Waals surface area contributed by atoms with E-state index >= 15 is 0 Å². The summed E-state index contributed by atoms with van der Waals surface area (Å²) in [6, 6.07) is 0. The topological polar surface area (TPSA) is 61.8 Å². The van der Waals surface area contributed by atoms with E-state index in [2.05, 4.69) is 15.2 Å². The fourth-order valence-corrected chi connectivity index (χ4v) is 1.67. The third-order valence-corrected chi connectivity index (χ3v) is 2.40. The highest BCUT2D eigenvalue weighted by Crippen LogP contribution is 2.21. The Morgan fingerprint density at radius 2 is 2.50 bits per heavy atom. The minimum atomic E-state index is -0.00560. The Balaban J connectivity index is 2.35.